The smallest absolute Gasteiger partial charge is 0.406 e. The van der Waals surface area contributed by atoms with Gasteiger partial charge < -0.3 is 20.7 Å². The third-order valence-corrected chi connectivity index (χ3v) is 6.42. The Morgan fingerprint density at radius 2 is 1.68 bits per heavy atom. The molecule has 1 saturated heterocycles. The number of benzene rings is 2. The van der Waals surface area contributed by atoms with Crippen molar-refractivity contribution in [2.75, 3.05) is 13.1 Å². The number of carbonyl (C=O) groups excluding carboxylic acids is 2. The average Bonchev–Trinajstić information content (AvgIpc) is 3.62. The molecule has 1 aliphatic carbocycles. The first-order valence-corrected chi connectivity index (χ1v) is 11.5. The fraction of sp³-hybridized carbons (Fsp3) is 0.440. The predicted molar refractivity (Wildman–Crippen MR) is 120 cm³/mol. The van der Waals surface area contributed by atoms with Crippen molar-refractivity contribution in [3.8, 4) is 5.75 Å². The molecule has 2 aromatic carbocycles. The largest absolute Gasteiger partial charge is 0.573 e. The summed E-state index contributed by atoms with van der Waals surface area (Å²) in [5.74, 6) is -0.858. The van der Waals surface area contributed by atoms with Crippen LogP contribution in [0, 0.1) is 0 Å². The molecule has 0 radical (unpaired) electrons. The van der Waals surface area contributed by atoms with Gasteiger partial charge in [0.1, 0.15) is 11.8 Å². The number of hydrogen-bond donors (Lipinski definition) is 3. The standard InChI is InChI=1S/C25H28F3N3O3/c26-25(27,28)34-20-8-6-18(7-9-20)24(12-13-24)23(33)31-21(16-17-4-2-1-3-5-17)22(32)30-19-10-14-29-15-11-19/h1-9,19,21,29H,10-16H2,(H,30,32)(H,31,33). The van der Waals surface area contributed by atoms with Crippen LogP contribution >= 0.6 is 0 Å². The summed E-state index contributed by atoms with van der Waals surface area (Å²) in [6.45, 7) is 1.66. The molecule has 1 unspecified atom stereocenters. The third kappa shape index (κ3) is 6.08. The second-order valence-electron chi connectivity index (χ2n) is 8.90. The summed E-state index contributed by atoms with van der Waals surface area (Å²) in [4.78, 5) is 26.5. The molecule has 1 aliphatic heterocycles. The van der Waals surface area contributed by atoms with Crippen molar-refractivity contribution in [2.45, 2.75) is 56.0 Å². The van der Waals surface area contributed by atoms with Crippen LogP contribution in [0.25, 0.3) is 0 Å². The van der Waals surface area contributed by atoms with Crippen LogP contribution in [0.5, 0.6) is 5.75 Å². The van der Waals surface area contributed by atoms with Crippen molar-refractivity contribution >= 4 is 11.8 Å². The lowest BCUT2D eigenvalue weighted by atomic mass is 9.93. The van der Waals surface area contributed by atoms with E-state index in [1.54, 1.807) is 0 Å². The zero-order valence-corrected chi connectivity index (χ0v) is 18.7. The van der Waals surface area contributed by atoms with Crippen LogP contribution in [0.2, 0.25) is 0 Å². The molecule has 34 heavy (non-hydrogen) atoms. The molecule has 2 amide bonds. The van der Waals surface area contributed by atoms with Crippen LogP contribution in [0.3, 0.4) is 0 Å². The first kappa shape index (κ1) is 24.1. The number of ether oxygens (including phenoxy) is 1. The summed E-state index contributed by atoms with van der Waals surface area (Å²) in [6.07, 6.45) is -1.65. The van der Waals surface area contributed by atoms with Crippen LogP contribution in [-0.2, 0) is 21.4 Å². The molecule has 1 heterocycles. The monoisotopic (exact) mass is 475 g/mol. The second kappa shape index (κ2) is 10.0. The van der Waals surface area contributed by atoms with Crippen LogP contribution in [0.4, 0.5) is 13.2 Å². The fourth-order valence-electron chi connectivity index (χ4n) is 4.37. The Bertz CT molecular complexity index is 986. The summed E-state index contributed by atoms with van der Waals surface area (Å²) in [5.41, 5.74) is 0.685. The topological polar surface area (TPSA) is 79.5 Å². The molecular weight excluding hydrogens is 447 g/mol. The molecule has 182 valence electrons. The van der Waals surface area contributed by atoms with Crippen LogP contribution < -0.4 is 20.7 Å². The molecule has 1 saturated carbocycles. The van der Waals surface area contributed by atoms with Crippen molar-refractivity contribution in [1.82, 2.24) is 16.0 Å². The van der Waals surface area contributed by atoms with E-state index in [1.807, 2.05) is 30.3 Å². The van der Waals surface area contributed by atoms with E-state index in [1.165, 1.54) is 24.3 Å². The zero-order valence-electron chi connectivity index (χ0n) is 18.7. The van der Waals surface area contributed by atoms with Gasteiger partial charge in [-0.15, -0.1) is 13.2 Å². The van der Waals surface area contributed by atoms with Gasteiger partial charge in [0.05, 0.1) is 5.41 Å². The highest BCUT2D eigenvalue weighted by Gasteiger charge is 2.52. The van der Waals surface area contributed by atoms with Gasteiger partial charge in [0.15, 0.2) is 0 Å². The molecule has 2 fully saturated rings. The molecule has 0 bridgehead atoms. The lowest BCUT2D eigenvalue weighted by Crippen LogP contribution is -2.54. The summed E-state index contributed by atoms with van der Waals surface area (Å²) < 4.78 is 41.3. The number of piperidine rings is 1. The summed E-state index contributed by atoms with van der Waals surface area (Å²) in [6, 6.07) is 14.1. The Morgan fingerprint density at radius 3 is 2.26 bits per heavy atom. The van der Waals surface area contributed by atoms with Gasteiger partial charge in [-0.1, -0.05) is 42.5 Å². The number of rotatable bonds is 8. The van der Waals surface area contributed by atoms with Crippen molar-refractivity contribution in [1.29, 1.82) is 0 Å². The molecule has 2 aromatic rings. The van der Waals surface area contributed by atoms with Gasteiger partial charge in [-0.05, 0) is 62.0 Å². The van der Waals surface area contributed by atoms with Gasteiger partial charge in [-0.3, -0.25) is 9.59 Å². The Labute approximate surface area is 196 Å². The minimum atomic E-state index is -4.78. The van der Waals surface area contributed by atoms with Gasteiger partial charge in [0.25, 0.3) is 0 Å². The Hall–Kier alpha value is -3.07. The van der Waals surface area contributed by atoms with E-state index in [9.17, 15) is 22.8 Å². The minimum Gasteiger partial charge on any atom is -0.406 e. The summed E-state index contributed by atoms with van der Waals surface area (Å²) >= 11 is 0. The first-order valence-electron chi connectivity index (χ1n) is 11.5. The van der Waals surface area contributed by atoms with Gasteiger partial charge in [-0.25, -0.2) is 0 Å². The summed E-state index contributed by atoms with van der Waals surface area (Å²) in [7, 11) is 0. The van der Waals surface area contributed by atoms with Crippen LogP contribution in [0.15, 0.2) is 54.6 Å². The SMILES string of the molecule is O=C(NC1CCNCC1)C(Cc1ccccc1)NC(=O)C1(c2ccc(OC(F)(F)F)cc2)CC1. The van der Waals surface area contributed by atoms with E-state index in [4.69, 9.17) is 0 Å². The van der Waals surface area contributed by atoms with E-state index in [0.717, 1.165) is 31.5 Å². The molecule has 0 aromatic heterocycles. The Morgan fingerprint density at radius 1 is 1.03 bits per heavy atom. The van der Waals surface area contributed by atoms with E-state index < -0.39 is 17.8 Å². The number of alkyl halides is 3. The number of nitrogens with one attached hydrogen (secondary N) is 3. The maximum Gasteiger partial charge on any atom is 0.573 e. The normalized spacial score (nSPS) is 18.6. The van der Waals surface area contributed by atoms with Crippen molar-refractivity contribution in [3.05, 3.63) is 65.7 Å². The molecule has 6 nitrogen and oxygen atoms in total. The van der Waals surface area contributed by atoms with E-state index in [2.05, 4.69) is 20.7 Å². The van der Waals surface area contributed by atoms with E-state index in [0.29, 0.717) is 24.8 Å². The highest BCUT2D eigenvalue weighted by Crippen LogP contribution is 2.49. The van der Waals surface area contributed by atoms with Crippen molar-refractivity contribution < 1.29 is 27.5 Å². The van der Waals surface area contributed by atoms with Gasteiger partial charge >= 0.3 is 6.36 Å². The predicted octanol–water partition coefficient (Wildman–Crippen LogP) is 3.21. The van der Waals surface area contributed by atoms with E-state index >= 15 is 0 Å². The number of halogens is 3. The average molecular weight is 476 g/mol. The van der Waals surface area contributed by atoms with Crippen LogP contribution in [0.1, 0.15) is 36.8 Å². The Kier molecular flexibility index (Phi) is 7.11. The molecule has 3 N–H and O–H groups in total. The zero-order chi connectivity index (χ0) is 24.2. The lowest BCUT2D eigenvalue weighted by molar-refractivity contribution is -0.274. The number of carbonyl (C=O) groups is 2. The molecule has 1 atom stereocenters. The lowest BCUT2D eigenvalue weighted by Gasteiger charge is -2.27. The first-order chi connectivity index (χ1) is 16.2. The number of amides is 2. The van der Waals surface area contributed by atoms with Gasteiger partial charge in [0.2, 0.25) is 11.8 Å². The Balaban J connectivity index is 1.47. The summed E-state index contributed by atoms with van der Waals surface area (Å²) in [5, 5.41) is 9.26. The third-order valence-electron chi connectivity index (χ3n) is 6.42. The molecule has 4 rings (SSSR count). The number of hydrogen-bond acceptors (Lipinski definition) is 4. The maximum absolute atomic E-state index is 13.3. The van der Waals surface area contributed by atoms with Crippen molar-refractivity contribution in [3.63, 3.8) is 0 Å². The highest BCUT2D eigenvalue weighted by atomic mass is 19.4. The molecular formula is C25H28F3N3O3. The highest BCUT2D eigenvalue weighted by molar-refractivity contribution is 5.95. The maximum atomic E-state index is 13.3. The van der Waals surface area contributed by atoms with Gasteiger partial charge in [0, 0.05) is 12.5 Å². The van der Waals surface area contributed by atoms with Crippen molar-refractivity contribution in [2.24, 2.45) is 0 Å². The second-order valence-corrected chi connectivity index (χ2v) is 8.90. The fourth-order valence-corrected chi connectivity index (χ4v) is 4.37. The minimum absolute atomic E-state index is 0.0555. The van der Waals surface area contributed by atoms with E-state index in [-0.39, 0.29) is 23.6 Å². The van der Waals surface area contributed by atoms with Crippen LogP contribution in [-0.4, -0.2) is 43.3 Å². The van der Waals surface area contributed by atoms with Gasteiger partial charge in [-0.2, -0.15) is 0 Å². The molecule has 9 heteroatoms. The quantitative estimate of drug-likeness (QED) is 0.548. The molecule has 0 spiro atoms. The molecule has 2 aliphatic rings.